The molecule has 5 heteroatoms. The first-order valence-corrected chi connectivity index (χ1v) is 10.0. The van der Waals surface area contributed by atoms with Crippen LogP contribution >= 0.6 is 11.6 Å². The van der Waals surface area contributed by atoms with Gasteiger partial charge in [0, 0.05) is 18.1 Å². The van der Waals surface area contributed by atoms with Crippen LogP contribution < -0.4 is 5.32 Å². The van der Waals surface area contributed by atoms with Gasteiger partial charge in [-0.2, -0.15) is 0 Å². The first kappa shape index (κ1) is 22.0. The van der Waals surface area contributed by atoms with Gasteiger partial charge < -0.3 is 10.2 Å². The largest absolute Gasteiger partial charge is 0.354 e. The minimum atomic E-state index is -0.563. The van der Waals surface area contributed by atoms with Crippen molar-refractivity contribution in [2.75, 3.05) is 6.54 Å². The lowest BCUT2D eigenvalue weighted by Crippen LogP contribution is -2.48. The van der Waals surface area contributed by atoms with Crippen molar-refractivity contribution >= 4 is 23.4 Å². The van der Waals surface area contributed by atoms with Crippen LogP contribution in [0.15, 0.2) is 48.5 Å². The second kappa shape index (κ2) is 10.3. The third-order valence-corrected chi connectivity index (χ3v) is 4.85. The fraction of sp³-hybridized carbons (Fsp3) is 0.391. The summed E-state index contributed by atoms with van der Waals surface area (Å²) in [6, 6.07) is 14.7. The first-order valence-electron chi connectivity index (χ1n) is 9.63. The lowest BCUT2D eigenvalue weighted by molar-refractivity contribution is -0.140. The SMILES string of the molecule is Cc1ccc(CC(=O)N(Cc2ccc(Cl)cc2)C(C)C(=O)NCC(C)C)cc1. The van der Waals surface area contributed by atoms with E-state index in [4.69, 9.17) is 11.6 Å². The third kappa shape index (κ3) is 6.68. The molecule has 2 aromatic rings. The van der Waals surface area contributed by atoms with Crippen LogP contribution in [0.4, 0.5) is 0 Å². The highest BCUT2D eigenvalue weighted by Gasteiger charge is 2.26. The first-order chi connectivity index (χ1) is 13.3. The van der Waals surface area contributed by atoms with Gasteiger partial charge in [-0.3, -0.25) is 9.59 Å². The Balaban J connectivity index is 2.18. The minimum absolute atomic E-state index is 0.0778. The van der Waals surface area contributed by atoms with Crippen molar-refractivity contribution in [2.45, 2.75) is 46.7 Å². The number of carbonyl (C=O) groups is 2. The van der Waals surface area contributed by atoms with E-state index in [1.54, 1.807) is 24.0 Å². The smallest absolute Gasteiger partial charge is 0.242 e. The summed E-state index contributed by atoms with van der Waals surface area (Å²) < 4.78 is 0. The zero-order valence-corrected chi connectivity index (χ0v) is 17.8. The molecule has 0 radical (unpaired) electrons. The molecule has 0 aliphatic heterocycles. The summed E-state index contributed by atoms with van der Waals surface area (Å²) in [7, 11) is 0. The predicted molar refractivity (Wildman–Crippen MR) is 114 cm³/mol. The molecule has 4 nitrogen and oxygen atoms in total. The summed E-state index contributed by atoms with van der Waals surface area (Å²) in [6.07, 6.45) is 0.260. The molecular weight excluding hydrogens is 372 g/mol. The summed E-state index contributed by atoms with van der Waals surface area (Å²) in [5.74, 6) is 0.134. The Kier molecular flexibility index (Phi) is 8.06. The maximum atomic E-state index is 13.1. The number of rotatable bonds is 8. The van der Waals surface area contributed by atoms with Crippen molar-refractivity contribution in [1.29, 1.82) is 0 Å². The van der Waals surface area contributed by atoms with E-state index in [2.05, 4.69) is 5.32 Å². The standard InChI is InChI=1S/C23H29ClN2O2/c1-16(2)14-25-23(28)18(4)26(15-20-9-11-21(24)12-10-20)22(27)13-19-7-5-17(3)6-8-19/h5-12,16,18H,13-15H2,1-4H3,(H,25,28). The number of benzene rings is 2. The van der Waals surface area contributed by atoms with Gasteiger partial charge in [-0.15, -0.1) is 0 Å². The van der Waals surface area contributed by atoms with Crippen LogP contribution in [-0.2, 0) is 22.6 Å². The molecule has 1 unspecified atom stereocenters. The molecule has 0 aromatic heterocycles. The van der Waals surface area contributed by atoms with Gasteiger partial charge in [-0.05, 0) is 43.0 Å². The van der Waals surface area contributed by atoms with Crippen molar-refractivity contribution in [2.24, 2.45) is 5.92 Å². The molecule has 1 N–H and O–H groups in total. The molecule has 150 valence electrons. The molecule has 2 aromatic carbocycles. The zero-order valence-electron chi connectivity index (χ0n) is 17.0. The Morgan fingerprint density at radius 1 is 0.964 bits per heavy atom. The molecule has 28 heavy (non-hydrogen) atoms. The molecule has 0 bridgehead atoms. The van der Waals surface area contributed by atoms with Crippen LogP contribution in [-0.4, -0.2) is 29.3 Å². The van der Waals surface area contributed by atoms with Gasteiger partial charge in [0.1, 0.15) is 6.04 Å². The predicted octanol–water partition coefficient (Wildman–Crippen LogP) is 4.38. The van der Waals surface area contributed by atoms with E-state index < -0.39 is 6.04 Å². The molecular formula is C23H29ClN2O2. The Morgan fingerprint density at radius 3 is 2.11 bits per heavy atom. The Morgan fingerprint density at radius 2 is 1.54 bits per heavy atom. The average molecular weight is 401 g/mol. The molecule has 0 saturated carbocycles. The molecule has 0 spiro atoms. The number of aryl methyl sites for hydroxylation is 1. The van der Waals surface area contributed by atoms with E-state index in [-0.39, 0.29) is 18.2 Å². The van der Waals surface area contributed by atoms with Gasteiger partial charge >= 0.3 is 0 Å². The quantitative estimate of drug-likeness (QED) is 0.714. The number of nitrogens with one attached hydrogen (secondary N) is 1. The van der Waals surface area contributed by atoms with Crippen LogP contribution in [0.3, 0.4) is 0 Å². The maximum Gasteiger partial charge on any atom is 0.242 e. The molecule has 0 aliphatic rings. The molecule has 1 atom stereocenters. The number of hydrogen-bond donors (Lipinski definition) is 1. The van der Waals surface area contributed by atoms with Crippen molar-refractivity contribution in [3.63, 3.8) is 0 Å². The minimum Gasteiger partial charge on any atom is -0.354 e. The fourth-order valence-electron chi connectivity index (χ4n) is 2.80. The van der Waals surface area contributed by atoms with E-state index in [1.807, 2.05) is 57.2 Å². The van der Waals surface area contributed by atoms with Crippen LogP contribution in [0, 0.1) is 12.8 Å². The number of amides is 2. The number of halogens is 1. The van der Waals surface area contributed by atoms with E-state index >= 15 is 0 Å². The van der Waals surface area contributed by atoms with Gasteiger partial charge in [0.2, 0.25) is 11.8 Å². The Bertz CT molecular complexity index is 785. The monoisotopic (exact) mass is 400 g/mol. The normalized spacial score (nSPS) is 11.9. The highest BCUT2D eigenvalue weighted by atomic mass is 35.5. The highest BCUT2D eigenvalue weighted by Crippen LogP contribution is 2.15. The van der Waals surface area contributed by atoms with Crippen molar-refractivity contribution < 1.29 is 9.59 Å². The maximum absolute atomic E-state index is 13.1. The molecule has 0 heterocycles. The summed E-state index contributed by atoms with van der Waals surface area (Å²) >= 11 is 5.97. The number of nitrogens with zero attached hydrogens (tertiary/aromatic N) is 1. The van der Waals surface area contributed by atoms with E-state index in [1.165, 1.54) is 0 Å². The van der Waals surface area contributed by atoms with Crippen molar-refractivity contribution in [1.82, 2.24) is 10.2 Å². The van der Waals surface area contributed by atoms with Crippen molar-refractivity contribution in [3.8, 4) is 0 Å². The third-order valence-electron chi connectivity index (χ3n) is 4.59. The Hall–Kier alpha value is -2.33. The Labute approximate surface area is 172 Å². The molecule has 2 amide bonds. The topological polar surface area (TPSA) is 49.4 Å². The second-order valence-corrected chi connectivity index (χ2v) is 8.06. The molecule has 0 fully saturated rings. The second-order valence-electron chi connectivity index (χ2n) is 7.63. The van der Waals surface area contributed by atoms with Crippen molar-refractivity contribution in [3.05, 3.63) is 70.2 Å². The number of hydrogen-bond acceptors (Lipinski definition) is 2. The van der Waals surface area contributed by atoms with Crippen LogP contribution in [0.1, 0.15) is 37.5 Å². The van der Waals surface area contributed by atoms with Crippen LogP contribution in [0.2, 0.25) is 5.02 Å². The van der Waals surface area contributed by atoms with E-state index in [0.29, 0.717) is 24.0 Å². The summed E-state index contributed by atoms with van der Waals surface area (Å²) in [4.78, 5) is 27.3. The molecule has 0 saturated heterocycles. The summed E-state index contributed by atoms with van der Waals surface area (Å²) in [6.45, 7) is 8.82. The summed E-state index contributed by atoms with van der Waals surface area (Å²) in [5.41, 5.74) is 3.02. The van der Waals surface area contributed by atoms with E-state index in [9.17, 15) is 9.59 Å². The zero-order chi connectivity index (χ0) is 20.7. The van der Waals surface area contributed by atoms with Gasteiger partial charge in [0.15, 0.2) is 0 Å². The van der Waals surface area contributed by atoms with Gasteiger partial charge in [0.25, 0.3) is 0 Å². The van der Waals surface area contributed by atoms with Gasteiger partial charge in [-0.1, -0.05) is 67.4 Å². The lowest BCUT2D eigenvalue weighted by atomic mass is 10.1. The molecule has 0 aliphatic carbocycles. The number of carbonyl (C=O) groups excluding carboxylic acids is 2. The van der Waals surface area contributed by atoms with E-state index in [0.717, 1.165) is 16.7 Å². The van der Waals surface area contributed by atoms with Crippen LogP contribution in [0.5, 0.6) is 0 Å². The highest BCUT2D eigenvalue weighted by molar-refractivity contribution is 6.30. The van der Waals surface area contributed by atoms with Gasteiger partial charge in [0.05, 0.1) is 6.42 Å². The average Bonchev–Trinajstić information content (AvgIpc) is 2.66. The van der Waals surface area contributed by atoms with Crippen LogP contribution in [0.25, 0.3) is 0 Å². The lowest BCUT2D eigenvalue weighted by Gasteiger charge is -2.29. The molecule has 2 rings (SSSR count). The fourth-order valence-corrected chi connectivity index (χ4v) is 2.93. The summed E-state index contributed by atoms with van der Waals surface area (Å²) in [5, 5.41) is 3.57. The van der Waals surface area contributed by atoms with Gasteiger partial charge in [-0.25, -0.2) is 0 Å².